The molecule has 0 heterocycles. The first-order chi connectivity index (χ1) is 11.1. The molecule has 0 saturated carbocycles. The van der Waals surface area contributed by atoms with Crippen LogP contribution in [0.15, 0.2) is 54.6 Å². The molecule has 0 aromatic heterocycles. The van der Waals surface area contributed by atoms with Gasteiger partial charge < -0.3 is 15.4 Å². The minimum absolute atomic E-state index is 0.127. The third-order valence-electron chi connectivity index (χ3n) is 3.04. The maximum atomic E-state index is 12.0. The van der Waals surface area contributed by atoms with Crippen LogP contribution in [0.5, 0.6) is 0 Å². The van der Waals surface area contributed by atoms with Crippen LogP contribution in [0.2, 0.25) is 0 Å². The normalized spacial score (nSPS) is 9.78. The predicted octanol–water partition coefficient (Wildman–Crippen LogP) is 2.53. The lowest BCUT2D eigenvalue weighted by molar-refractivity contribution is -0.119. The molecule has 0 radical (unpaired) electrons. The SMILES string of the molecule is COC(=O)c1ccccc1NC(=S)NC(=O)Cc1ccccc1. The maximum absolute atomic E-state index is 12.0. The van der Waals surface area contributed by atoms with Crippen LogP contribution in [0.4, 0.5) is 5.69 Å². The summed E-state index contributed by atoms with van der Waals surface area (Å²) >= 11 is 5.12. The van der Waals surface area contributed by atoms with E-state index in [2.05, 4.69) is 10.6 Å². The number of amides is 1. The third kappa shape index (κ3) is 4.89. The lowest BCUT2D eigenvalue weighted by atomic mass is 10.1. The Morgan fingerprint density at radius 2 is 1.70 bits per heavy atom. The fourth-order valence-electron chi connectivity index (χ4n) is 1.99. The number of nitrogens with one attached hydrogen (secondary N) is 2. The molecule has 5 nitrogen and oxygen atoms in total. The summed E-state index contributed by atoms with van der Waals surface area (Å²) < 4.78 is 4.71. The lowest BCUT2D eigenvalue weighted by Gasteiger charge is -2.12. The summed E-state index contributed by atoms with van der Waals surface area (Å²) in [7, 11) is 1.30. The Balaban J connectivity index is 1.97. The van der Waals surface area contributed by atoms with Crippen molar-refractivity contribution in [3.05, 3.63) is 65.7 Å². The summed E-state index contributed by atoms with van der Waals surface area (Å²) in [5.41, 5.74) is 1.71. The van der Waals surface area contributed by atoms with Crippen LogP contribution >= 0.6 is 12.2 Å². The van der Waals surface area contributed by atoms with E-state index in [9.17, 15) is 9.59 Å². The molecule has 0 aliphatic carbocycles. The molecule has 6 heteroatoms. The topological polar surface area (TPSA) is 67.4 Å². The molecule has 0 aliphatic rings. The average Bonchev–Trinajstić information content (AvgIpc) is 2.55. The Labute approximate surface area is 139 Å². The number of hydrogen-bond donors (Lipinski definition) is 2. The van der Waals surface area contributed by atoms with Crippen molar-refractivity contribution in [3.8, 4) is 0 Å². The highest BCUT2D eigenvalue weighted by Crippen LogP contribution is 2.15. The van der Waals surface area contributed by atoms with E-state index in [1.807, 2.05) is 30.3 Å². The molecule has 0 fully saturated rings. The number of benzene rings is 2. The second kappa shape index (κ2) is 8.05. The van der Waals surface area contributed by atoms with Crippen LogP contribution in [0.3, 0.4) is 0 Å². The quantitative estimate of drug-likeness (QED) is 0.667. The molecule has 2 aromatic carbocycles. The molecule has 0 bridgehead atoms. The minimum atomic E-state index is -0.480. The van der Waals surface area contributed by atoms with Crippen molar-refractivity contribution in [1.82, 2.24) is 5.32 Å². The summed E-state index contributed by atoms with van der Waals surface area (Å²) in [6, 6.07) is 16.1. The number of anilines is 1. The molecule has 2 rings (SSSR count). The van der Waals surface area contributed by atoms with E-state index in [-0.39, 0.29) is 17.4 Å². The number of carbonyl (C=O) groups is 2. The monoisotopic (exact) mass is 328 g/mol. The molecule has 1 amide bonds. The van der Waals surface area contributed by atoms with Gasteiger partial charge in [-0.15, -0.1) is 0 Å². The number of para-hydroxylation sites is 1. The molecule has 118 valence electrons. The highest BCUT2D eigenvalue weighted by molar-refractivity contribution is 7.80. The first kappa shape index (κ1) is 16.6. The zero-order chi connectivity index (χ0) is 16.7. The molecule has 0 unspecified atom stereocenters. The van der Waals surface area contributed by atoms with Gasteiger partial charge in [0.25, 0.3) is 0 Å². The van der Waals surface area contributed by atoms with Crippen molar-refractivity contribution in [2.24, 2.45) is 0 Å². The Morgan fingerprint density at radius 3 is 2.39 bits per heavy atom. The van der Waals surface area contributed by atoms with Crippen LogP contribution in [0.1, 0.15) is 15.9 Å². The number of methoxy groups -OCH3 is 1. The van der Waals surface area contributed by atoms with Crippen molar-refractivity contribution < 1.29 is 14.3 Å². The van der Waals surface area contributed by atoms with Gasteiger partial charge in [-0.25, -0.2) is 4.79 Å². The molecule has 0 spiro atoms. The number of hydrogen-bond acceptors (Lipinski definition) is 4. The van der Waals surface area contributed by atoms with Crippen molar-refractivity contribution in [3.63, 3.8) is 0 Å². The minimum Gasteiger partial charge on any atom is -0.465 e. The van der Waals surface area contributed by atoms with Crippen LogP contribution in [-0.2, 0) is 16.0 Å². The van der Waals surface area contributed by atoms with E-state index in [4.69, 9.17) is 17.0 Å². The average molecular weight is 328 g/mol. The summed E-state index contributed by atoms with van der Waals surface area (Å²) in [5.74, 6) is -0.712. The van der Waals surface area contributed by atoms with E-state index in [1.165, 1.54) is 7.11 Å². The van der Waals surface area contributed by atoms with Gasteiger partial charge in [0.1, 0.15) is 0 Å². The van der Waals surface area contributed by atoms with Crippen LogP contribution < -0.4 is 10.6 Å². The Hall–Kier alpha value is -2.73. The van der Waals surface area contributed by atoms with E-state index in [1.54, 1.807) is 24.3 Å². The molecule has 0 aliphatic heterocycles. The first-order valence-corrected chi connectivity index (χ1v) is 7.33. The summed E-state index contributed by atoms with van der Waals surface area (Å²) in [4.78, 5) is 23.6. The Bertz CT molecular complexity index is 717. The van der Waals surface area contributed by atoms with Gasteiger partial charge in [-0.1, -0.05) is 42.5 Å². The van der Waals surface area contributed by atoms with Gasteiger partial charge in [-0.05, 0) is 29.9 Å². The van der Waals surface area contributed by atoms with Gasteiger partial charge in [0, 0.05) is 0 Å². The highest BCUT2D eigenvalue weighted by Gasteiger charge is 2.13. The van der Waals surface area contributed by atoms with Crippen LogP contribution in [-0.4, -0.2) is 24.1 Å². The van der Waals surface area contributed by atoms with E-state index < -0.39 is 5.97 Å². The fraction of sp³-hybridized carbons (Fsp3) is 0.118. The number of thiocarbonyl (C=S) groups is 1. The van der Waals surface area contributed by atoms with Crippen molar-refractivity contribution in [2.45, 2.75) is 6.42 Å². The largest absolute Gasteiger partial charge is 0.465 e. The molecule has 2 aromatic rings. The highest BCUT2D eigenvalue weighted by atomic mass is 32.1. The lowest BCUT2D eigenvalue weighted by Crippen LogP contribution is -2.35. The zero-order valence-electron chi connectivity index (χ0n) is 12.5. The number of rotatable bonds is 4. The second-order valence-corrected chi connectivity index (χ2v) is 5.11. The molecular formula is C17H16N2O3S. The molecule has 2 N–H and O–H groups in total. The molecule has 23 heavy (non-hydrogen) atoms. The van der Waals surface area contributed by atoms with Crippen LogP contribution in [0.25, 0.3) is 0 Å². The fourth-order valence-corrected chi connectivity index (χ4v) is 2.21. The smallest absolute Gasteiger partial charge is 0.339 e. The van der Waals surface area contributed by atoms with E-state index in [0.717, 1.165) is 5.56 Å². The number of ether oxygens (including phenoxy) is 1. The van der Waals surface area contributed by atoms with Crippen molar-refractivity contribution in [1.29, 1.82) is 0 Å². The molecular weight excluding hydrogens is 312 g/mol. The maximum Gasteiger partial charge on any atom is 0.339 e. The zero-order valence-corrected chi connectivity index (χ0v) is 13.4. The van der Waals surface area contributed by atoms with Gasteiger partial charge in [-0.2, -0.15) is 0 Å². The Kier molecular flexibility index (Phi) is 5.82. The first-order valence-electron chi connectivity index (χ1n) is 6.92. The molecule has 0 atom stereocenters. The van der Waals surface area contributed by atoms with Crippen molar-refractivity contribution >= 4 is 34.9 Å². The van der Waals surface area contributed by atoms with E-state index >= 15 is 0 Å². The van der Waals surface area contributed by atoms with Gasteiger partial charge >= 0.3 is 5.97 Å². The van der Waals surface area contributed by atoms with Gasteiger partial charge in [0.2, 0.25) is 5.91 Å². The number of esters is 1. The summed E-state index contributed by atoms with van der Waals surface area (Å²) in [5, 5.41) is 5.56. The summed E-state index contributed by atoms with van der Waals surface area (Å²) in [6.45, 7) is 0. The van der Waals surface area contributed by atoms with E-state index in [0.29, 0.717) is 11.3 Å². The Morgan fingerprint density at radius 1 is 1.04 bits per heavy atom. The van der Waals surface area contributed by atoms with Crippen molar-refractivity contribution in [2.75, 3.05) is 12.4 Å². The second-order valence-electron chi connectivity index (χ2n) is 4.70. The van der Waals surface area contributed by atoms with Gasteiger partial charge in [0.05, 0.1) is 24.8 Å². The summed E-state index contributed by atoms with van der Waals surface area (Å²) in [6.07, 6.45) is 0.224. The van der Waals surface area contributed by atoms with Gasteiger partial charge in [0.15, 0.2) is 5.11 Å². The predicted molar refractivity (Wildman–Crippen MR) is 92.3 cm³/mol. The third-order valence-corrected chi connectivity index (χ3v) is 3.25. The van der Waals surface area contributed by atoms with Crippen LogP contribution in [0, 0.1) is 0 Å². The molecule has 0 saturated heterocycles. The van der Waals surface area contributed by atoms with Gasteiger partial charge in [-0.3, -0.25) is 4.79 Å². The standard InChI is InChI=1S/C17H16N2O3S/c1-22-16(21)13-9-5-6-10-14(13)18-17(23)19-15(20)11-12-7-3-2-4-8-12/h2-10H,11H2,1H3,(H2,18,19,20,23). The number of carbonyl (C=O) groups excluding carboxylic acids is 2.